The maximum Gasteiger partial charge on any atom is 0.355 e. The molecule has 3 heterocycles. The predicted molar refractivity (Wildman–Crippen MR) is 130 cm³/mol. The van der Waals surface area contributed by atoms with Crippen LogP contribution in [0.25, 0.3) is 27.6 Å². The van der Waals surface area contributed by atoms with Gasteiger partial charge in [-0.25, -0.2) is 4.79 Å². The molecule has 0 unspecified atom stereocenters. The van der Waals surface area contributed by atoms with Crippen molar-refractivity contribution < 1.29 is 28.8 Å². The van der Waals surface area contributed by atoms with E-state index in [2.05, 4.69) is 14.1 Å². The summed E-state index contributed by atoms with van der Waals surface area (Å²) in [4.78, 5) is 12.7. The summed E-state index contributed by atoms with van der Waals surface area (Å²) in [5.74, 6) is 0.949. The minimum atomic E-state index is -1.12. The van der Waals surface area contributed by atoms with Crippen molar-refractivity contribution in [1.82, 2.24) is 13.3 Å². The van der Waals surface area contributed by atoms with Crippen molar-refractivity contribution in [1.29, 1.82) is 0 Å². The number of hydrogen-bond donors (Lipinski definition) is 2. The van der Waals surface area contributed by atoms with Crippen LogP contribution in [0.2, 0.25) is 0 Å². The minimum Gasteiger partial charge on any atom is -0.493 e. The van der Waals surface area contributed by atoms with Crippen molar-refractivity contribution >= 4 is 51.0 Å². The largest absolute Gasteiger partial charge is 0.493 e. The maximum atomic E-state index is 12.7. The number of methoxy groups -OCH3 is 2. The SMILES string of the molecule is COc1cc2c(Nc3cccc4nsnc34)c(C(=O)O)n(-c3ccc4c(c3)OCO4)c2cc1OC. The molecule has 0 amide bonds. The Bertz CT molecular complexity index is 1630. The number of anilines is 2. The molecule has 6 rings (SSSR count). The molecule has 0 aliphatic carbocycles. The fraction of sp³-hybridized carbons (Fsp3) is 0.125. The predicted octanol–water partition coefficient (Wildman–Crippen LogP) is 4.82. The summed E-state index contributed by atoms with van der Waals surface area (Å²) in [5.41, 5.74) is 3.60. The highest BCUT2D eigenvalue weighted by Gasteiger charge is 2.27. The van der Waals surface area contributed by atoms with Crippen molar-refractivity contribution in [2.24, 2.45) is 0 Å². The molecule has 0 radical (unpaired) electrons. The van der Waals surface area contributed by atoms with Gasteiger partial charge in [-0.1, -0.05) is 6.07 Å². The van der Waals surface area contributed by atoms with Crippen LogP contribution in [-0.4, -0.2) is 45.4 Å². The first-order chi connectivity index (χ1) is 17.1. The number of aromatic nitrogens is 3. The van der Waals surface area contributed by atoms with E-state index in [4.69, 9.17) is 18.9 Å². The van der Waals surface area contributed by atoms with E-state index in [1.165, 1.54) is 14.2 Å². The lowest BCUT2D eigenvalue weighted by atomic mass is 10.1. The highest BCUT2D eigenvalue weighted by atomic mass is 32.1. The molecule has 35 heavy (non-hydrogen) atoms. The van der Waals surface area contributed by atoms with Crippen LogP contribution < -0.4 is 24.3 Å². The van der Waals surface area contributed by atoms with E-state index in [0.717, 1.165) is 17.2 Å². The lowest BCUT2D eigenvalue weighted by Crippen LogP contribution is -2.09. The highest BCUT2D eigenvalue weighted by molar-refractivity contribution is 7.00. The Kier molecular flexibility index (Phi) is 4.85. The molecule has 176 valence electrons. The van der Waals surface area contributed by atoms with Crippen LogP contribution in [0.1, 0.15) is 10.5 Å². The molecule has 1 aliphatic rings. The lowest BCUT2D eigenvalue weighted by Gasteiger charge is -2.12. The number of ether oxygens (including phenoxy) is 4. The summed E-state index contributed by atoms with van der Waals surface area (Å²) in [7, 11) is 3.07. The standard InChI is InChI=1S/C24H18N4O6S/c1-31-18-9-13-16(10-19(18)32-2)28(12-6-7-17-20(8-12)34-11-33-17)23(24(29)30)21(13)25-14-4-3-5-15-22(14)27-35-26-15/h3-10,25H,11H2,1-2H3,(H,29,30). The minimum absolute atomic E-state index is 0.0226. The second-order valence-corrected chi connectivity index (χ2v) is 8.22. The van der Waals surface area contributed by atoms with Gasteiger partial charge >= 0.3 is 5.97 Å². The van der Waals surface area contributed by atoms with E-state index in [0.29, 0.717) is 56.5 Å². The first-order valence-electron chi connectivity index (χ1n) is 10.5. The average molecular weight is 490 g/mol. The van der Waals surface area contributed by atoms with E-state index in [1.54, 1.807) is 34.9 Å². The molecule has 0 bridgehead atoms. The first kappa shape index (κ1) is 21.1. The number of rotatable bonds is 6. The molecular weight excluding hydrogens is 472 g/mol. The van der Waals surface area contributed by atoms with Gasteiger partial charge in [0, 0.05) is 17.5 Å². The van der Waals surface area contributed by atoms with Gasteiger partial charge in [0.2, 0.25) is 6.79 Å². The molecule has 3 aromatic carbocycles. The van der Waals surface area contributed by atoms with Crippen LogP contribution in [0.15, 0.2) is 48.5 Å². The van der Waals surface area contributed by atoms with E-state index < -0.39 is 5.97 Å². The van der Waals surface area contributed by atoms with Gasteiger partial charge in [-0.15, -0.1) is 0 Å². The Morgan fingerprint density at radius 1 is 1.06 bits per heavy atom. The fourth-order valence-corrected chi connectivity index (χ4v) is 4.83. The molecule has 0 saturated carbocycles. The van der Waals surface area contributed by atoms with Gasteiger partial charge in [0.15, 0.2) is 28.7 Å². The Balaban J connectivity index is 1.66. The van der Waals surface area contributed by atoms with Crippen molar-refractivity contribution in [2.45, 2.75) is 0 Å². The first-order valence-corrected chi connectivity index (χ1v) is 11.2. The number of carbonyl (C=O) groups is 1. The number of fused-ring (bicyclic) bond motifs is 3. The van der Waals surface area contributed by atoms with Crippen molar-refractivity contribution in [2.75, 3.05) is 26.3 Å². The van der Waals surface area contributed by atoms with Crippen LogP contribution in [0.5, 0.6) is 23.0 Å². The van der Waals surface area contributed by atoms with Crippen LogP contribution in [0, 0.1) is 0 Å². The number of benzene rings is 3. The molecule has 0 saturated heterocycles. The third-order valence-electron chi connectivity index (χ3n) is 5.84. The van der Waals surface area contributed by atoms with Crippen molar-refractivity contribution in [3.63, 3.8) is 0 Å². The number of hydrogen-bond acceptors (Lipinski definition) is 9. The van der Waals surface area contributed by atoms with Gasteiger partial charge in [-0.05, 0) is 30.3 Å². The van der Waals surface area contributed by atoms with Gasteiger partial charge in [0.1, 0.15) is 11.0 Å². The maximum absolute atomic E-state index is 12.7. The van der Waals surface area contributed by atoms with Crippen LogP contribution in [-0.2, 0) is 0 Å². The Hall–Kier alpha value is -4.51. The quantitative estimate of drug-likeness (QED) is 0.345. The van der Waals surface area contributed by atoms with Crippen LogP contribution in [0.3, 0.4) is 0 Å². The van der Waals surface area contributed by atoms with Gasteiger partial charge in [-0.3, -0.25) is 0 Å². The van der Waals surface area contributed by atoms with E-state index in [9.17, 15) is 9.90 Å². The van der Waals surface area contributed by atoms with E-state index >= 15 is 0 Å². The summed E-state index contributed by atoms with van der Waals surface area (Å²) < 4.78 is 32.3. The monoisotopic (exact) mass is 490 g/mol. The number of carboxylic acid groups (broad SMARTS) is 1. The van der Waals surface area contributed by atoms with Gasteiger partial charge in [-0.2, -0.15) is 8.75 Å². The number of nitrogens with zero attached hydrogens (tertiary/aromatic N) is 3. The Labute approximate surface area is 202 Å². The summed E-state index contributed by atoms with van der Waals surface area (Å²) >= 11 is 1.09. The molecule has 10 nitrogen and oxygen atoms in total. The molecule has 0 atom stereocenters. The zero-order valence-electron chi connectivity index (χ0n) is 18.6. The third-order valence-corrected chi connectivity index (χ3v) is 6.38. The third kappa shape index (κ3) is 3.28. The molecule has 0 fully saturated rings. The van der Waals surface area contributed by atoms with Gasteiger partial charge in [0.25, 0.3) is 0 Å². The summed E-state index contributed by atoms with van der Waals surface area (Å²) in [6.07, 6.45) is 0. The molecule has 2 aromatic heterocycles. The second kappa shape index (κ2) is 8.06. The zero-order chi connectivity index (χ0) is 24.1. The lowest BCUT2D eigenvalue weighted by molar-refractivity contribution is 0.0689. The Morgan fingerprint density at radius 3 is 2.66 bits per heavy atom. The fourth-order valence-electron chi connectivity index (χ4n) is 4.28. The highest BCUT2D eigenvalue weighted by Crippen LogP contribution is 2.43. The zero-order valence-corrected chi connectivity index (χ0v) is 19.4. The average Bonchev–Trinajstić information content (AvgIpc) is 3.60. The summed E-state index contributed by atoms with van der Waals surface area (Å²) in [6, 6.07) is 14.3. The molecule has 11 heteroatoms. The summed E-state index contributed by atoms with van der Waals surface area (Å²) in [6.45, 7) is 0.112. The van der Waals surface area contributed by atoms with E-state index in [1.807, 2.05) is 18.2 Å². The van der Waals surface area contributed by atoms with Crippen molar-refractivity contribution in [3.8, 4) is 28.7 Å². The Morgan fingerprint density at radius 2 is 1.86 bits per heavy atom. The van der Waals surface area contributed by atoms with Gasteiger partial charge in [0.05, 0.1) is 48.5 Å². The number of carboxylic acids is 1. The molecular formula is C24H18N4O6S. The van der Waals surface area contributed by atoms with Gasteiger partial charge < -0.3 is 33.9 Å². The normalized spacial score (nSPS) is 12.3. The number of aromatic carboxylic acids is 1. The molecule has 0 spiro atoms. The molecule has 1 aliphatic heterocycles. The number of nitrogens with one attached hydrogen (secondary N) is 1. The van der Waals surface area contributed by atoms with Crippen LogP contribution in [0.4, 0.5) is 11.4 Å². The topological polar surface area (TPSA) is 117 Å². The molecule has 2 N–H and O–H groups in total. The molecule has 5 aromatic rings. The summed E-state index contributed by atoms with van der Waals surface area (Å²) in [5, 5.41) is 14.3. The van der Waals surface area contributed by atoms with Crippen molar-refractivity contribution in [3.05, 3.63) is 54.2 Å². The van der Waals surface area contributed by atoms with Crippen LogP contribution >= 0.6 is 11.7 Å². The second-order valence-electron chi connectivity index (χ2n) is 7.69. The smallest absolute Gasteiger partial charge is 0.355 e. The van der Waals surface area contributed by atoms with E-state index in [-0.39, 0.29) is 12.5 Å².